The van der Waals surface area contributed by atoms with E-state index in [0.717, 1.165) is 17.7 Å². The smallest absolute Gasteiger partial charge is 0.310 e. The van der Waals surface area contributed by atoms with Crippen molar-refractivity contribution in [1.82, 2.24) is 10.3 Å². The van der Waals surface area contributed by atoms with Crippen LogP contribution in [0, 0.1) is 18.8 Å². The van der Waals surface area contributed by atoms with Crippen molar-refractivity contribution in [3.8, 4) is 0 Å². The lowest BCUT2D eigenvalue weighted by Gasteiger charge is -2.35. The Labute approximate surface area is 124 Å². The van der Waals surface area contributed by atoms with Gasteiger partial charge in [-0.05, 0) is 56.2 Å². The largest absolute Gasteiger partial charge is 0.391 e. The molecule has 1 N–H and O–H groups in total. The minimum absolute atomic E-state index is 0.108. The number of rotatable bonds is 4. The Hall–Kier alpha value is -1.10. The van der Waals surface area contributed by atoms with Gasteiger partial charge in [0.05, 0.1) is 5.92 Å². The van der Waals surface area contributed by atoms with Gasteiger partial charge in [0, 0.05) is 18.4 Å². The Kier molecular flexibility index (Phi) is 5.25. The van der Waals surface area contributed by atoms with Crippen LogP contribution in [0.15, 0.2) is 18.5 Å². The number of pyridine rings is 1. The molecule has 21 heavy (non-hydrogen) atoms. The molecule has 1 saturated carbocycles. The molecular weight excluding hydrogens is 277 g/mol. The Bertz CT molecular complexity index is 451. The molecule has 1 aliphatic rings. The van der Waals surface area contributed by atoms with Gasteiger partial charge in [-0.25, -0.2) is 0 Å². The molecular formula is C16H23F3N2. The molecule has 0 aliphatic heterocycles. The van der Waals surface area contributed by atoms with E-state index in [4.69, 9.17) is 0 Å². The molecule has 1 aromatic heterocycles. The quantitative estimate of drug-likeness (QED) is 0.891. The number of alkyl halides is 3. The van der Waals surface area contributed by atoms with Crippen molar-refractivity contribution in [3.63, 3.8) is 0 Å². The molecule has 118 valence electrons. The maximum absolute atomic E-state index is 12.8. The third-order valence-corrected chi connectivity index (χ3v) is 4.39. The van der Waals surface area contributed by atoms with Crippen molar-refractivity contribution in [1.29, 1.82) is 0 Å². The summed E-state index contributed by atoms with van der Waals surface area (Å²) in [5.41, 5.74) is 2.17. The Morgan fingerprint density at radius 2 is 1.90 bits per heavy atom. The van der Waals surface area contributed by atoms with Crippen molar-refractivity contribution >= 4 is 0 Å². The summed E-state index contributed by atoms with van der Waals surface area (Å²) in [6.07, 6.45) is 1.32. The van der Waals surface area contributed by atoms with Gasteiger partial charge >= 0.3 is 6.18 Å². The fraction of sp³-hybridized carbons (Fsp3) is 0.688. The highest BCUT2D eigenvalue weighted by Crippen LogP contribution is 2.43. The Morgan fingerprint density at radius 1 is 1.24 bits per heavy atom. The van der Waals surface area contributed by atoms with Crippen LogP contribution in [-0.2, 0) is 0 Å². The van der Waals surface area contributed by atoms with Gasteiger partial charge < -0.3 is 5.32 Å². The van der Waals surface area contributed by atoms with Crippen molar-refractivity contribution in [3.05, 3.63) is 29.6 Å². The van der Waals surface area contributed by atoms with Crippen molar-refractivity contribution in [2.75, 3.05) is 6.54 Å². The summed E-state index contributed by atoms with van der Waals surface area (Å²) < 4.78 is 38.3. The fourth-order valence-corrected chi connectivity index (χ4v) is 3.30. The van der Waals surface area contributed by atoms with Crippen molar-refractivity contribution in [2.24, 2.45) is 11.8 Å². The molecule has 1 heterocycles. The number of aryl methyl sites for hydroxylation is 1. The standard InChI is InChI=1S/C16H23F3N2/c1-3-21-15(13-8-11(2)9-20-10-13)12-4-6-14(7-5-12)16(17,18)19/h8-10,12,14-15,21H,3-7H2,1-2H3. The number of nitrogens with one attached hydrogen (secondary N) is 1. The van der Waals surface area contributed by atoms with Gasteiger partial charge in [0.15, 0.2) is 0 Å². The second-order valence-electron chi connectivity index (χ2n) is 5.98. The molecule has 1 aliphatic carbocycles. The van der Waals surface area contributed by atoms with Gasteiger partial charge in [0.25, 0.3) is 0 Å². The molecule has 1 unspecified atom stereocenters. The predicted octanol–water partition coefficient (Wildman–Crippen LogP) is 4.41. The van der Waals surface area contributed by atoms with Crippen LogP contribution in [0.3, 0.4) is 0 Å². The van der Waals surface area contributed by atoms with Gasteiger partial charge in [-0.15, -0.1) is 0 Å². The number of hydrogen-bond donors (Lipinski definition) is 1. The summed E-state index contributed by atoms with van der Waals surface area (Å²) in [5, 5.41) is 3.43. The summed E-state index contributed by atoms with van der Waals surface area (Å²) in [5.74, 6) is -0.862. The second kappa shape index (κ2) is 6.77. The molecule has 5 heteroatoms. The van der Waals surface area contributed by atoms with Crippen LogP contribution < -0.4 is 5.32 Å². The first-order chi connectivity index (χ1) is 9.91. The molecule has 0 spiro atoms. The average Bonchev–Trinajstić information content (AvgIpc) is 2.44. The monoisotopic (exact) mass is 300 g/mol. The minimum atomic E-state index is -4.04. The Morgan fingerprint density at radius 3 is 2.43 bits per heavy atom. The predicted molar refractivity (Wildman–Crippen MR) is 76.9 cm³/mol. The summed E-state index contributed by atoms with van der Waals surface area (Å²) in [4.78, 5) is 4.22. The molecule has 0 saturated heterocycles. The Balaban J connectivity index is 2.07. The first-order valence-corrected chi connectivity index (χ1v) is 7.63. The lowest BCUT2D eigenvalue weighted by molar-refractivity contribution is -0.184. The average molecular weight is 300 g/mol. The molecule has 2 rings (SSSR count). The number of nitrogens with zero attached hydrogens (tertiary/aromatic N) is 1. The van der Waals surface area contributed by atoms with Gasteiger partial charge in [-0.1, -0.05) is 13.0 Å². The van der Waals surface area contributed by atoms with E-state index in [1.54, 1.807) is 6.20 Å². The zero-order valence-electron chi connectivity index (χ0n) is 12.6. The molecule has 0 aromatic carbocycles. The van der Waals surface area contributed by atoms with Gasteiger partial charge in [-0.2, -0.15) is 13.2 Å². The van der Waals surface area contributed by atoms with Crippen LogP contribution in [0.5, 0.6) is 0 Å². The molecule has 2 nitrogen and oxygen atoms in total. The zero-order valence-corrected chi connectivity index (χ0v) is 12.6. The van der Waals surface area contributed by atoms with E-state index in [2.05, 4.69) is 16.4 Å². The lowest BCUT2D eigenvalue weighted by atomic mass is 9.76. The molecule has 0 radical (unpaired) electrons. The normalized spacial score (nSPS) is 24.8. The van der Waals surface area contributed by atoms with Crippen LogP contribution in [-0.4, -0.2) is 17.7 Å². The first-order valence-electron chi connectivity index (χ1n) is 7.63. The molecule has 1 aromatic rings. The second-order valence-corrected chi connectivity index (χ2v) is 5.98. The van der Waals surface area contributed by atoms with Crippen LogP contribution in [0.4, 0.5) is 13.2 Å². The van der Waals surface area contributed by atoms with Crippen molar-refractivity contribution in [2.45, 2.75) is 51.7 Å². The molecule has 1 atom stereocenters. The van der Waals surface area contributed by atoms with E-state index in [1.807, 2.05) is 20.0 Å². The third-order valence-electron chi connectivity index (χ3n) is 4.39. The maximum atomic E-state index is 12.8. The molecule has 0 bridgehead atoms. The fourth-order valence-electron chi connectivity index (χ4n) is 3.30. The van der Waals surface area contributed by atoms with Crippen LogP contribution in [0.25, 0.3) is 0 Å². The van der Waals surface area contributed by atoms with Crippen LogP contribution in [0.1, 0.15) is 49.8 Å². The van der Waals surface area contributed by atoms with Crippen LogP contribution >= 0.6 is 0 Å². The van der Waals surface area contributed by atoms with E-state index in [1.165, 1.54) is 0 Å². The van der Waals surface area contributed by atoms with E-state index in [0.29, 0.717) is 12.8 Å². The summed E-state index contributed by atoms with van der Waals surface area (Å²) in [6.45, 7) is 4.81. The molecule has 1 fully saturated rings. The summed E-state index contributed by atoms with van der Waals surface area (Å²) >= 11 is 0. The summed E-state index contributed by atoms with van der Waals surface area (Å²) in [6, 6.07) is 2.19. The summed E-state index contributed by atoms with van der Waals surface area (Å²) in [7, 11) is 0. The third kappa shape index (κ3) is 4.19. The van der Waals surface area contributed by atoms with E-state index >= 15 is 0 Å². The van der Waals surface area contributed by atoms with E-state index < -0.39 is 12.1 Å². The highest BCUT2D eigenvalue weighted by atomic mass is 19.4. The van der Waals surface area contributed by atoms with E-state index in [9.17, 15) is 13.2 Å². The number of hydrogen-bond acceptors (Lipinski definition) is 2. The molecule has 0 amide bonds. The van der Waals surface area contributed by atoms with Crippen molar-refractivity contribution < 1.29 is 13.2 Å². The van der Waals surface area contributed by atoms with Gasteiger partial charge in [0.1, 0.15) is 0 Å². The highest BCUT2D eigenvalue weighted by Gasteiger charge is 2.42. The zero-order chi connectivity index (χ0) is 15.5. The first kappa shape index (κ1) is 16.3. The SMILES string of the molecule is CCNC(c1cncc(C)c1)C1CCC(C(F)(F)F)CC1. The minimum Gasteiger partial charge on any atom is -0.310 e. The lowest BCUT2D eigenvalue weighted by Crippen LogP contribution is -2.34. The number of halogens is 3. The topological polar surface area (TPSA) is 24.9 Å². The maximum Gasteiger partial charge on any atom is 0.391 e. The van der Waals surface area contributed by atoms with Gasteiger partial charge in [0.2, 0.25) is 0 Å². The van der Waals surface area contributed by atoms with Gasteiger partial charge in [-0.3, -0.25) is 4.98 Å². The van der Waals surface area contributed by atoms with E-state index in [-0.39, 0.29) is 24.8 Å². The van der Waals surface area contributed by atoms with Crippen LogP contribution in [0.2, 0.25) is 0 Å². The highest BCUT2D eigenvalue weighted by molar-refractivity contribution is 5.21. The number of aromatic nitrogens is 1.